The minimum Gasteiger partial charge on any atom is -0.300 e. The average molecular weight is 209 g/mol. The van der Waals surface area contributed by atoms with Crippen molar-refractivity contribution in [3.63, 3.8) is 0 Å². The van der Waals surface area contributed by atoms with E-state index in [0.717, 1.165) is 0 Å². The Kier molecular flexibility index (Phi) is 5.01. The first-order chi connectivity index (χ1) is 6.35. The van der Waals surface area contributed by atoms with Gasteiger partial charge in [0.1, 0.15) is 5.78 Å². The molecule has 0 radical (unpaired) electrons. The summed E-state index contributed by atoms with van der Waals surface area (Å²) in [6, 6.07) is -1.18. The van der Waals surface area contributed by atoms with Crippen molar-refractivity contribution in [3.8, 4) is 0 Å². The first-order valence-corrected chi connectivity index (χ1v) is 3.95. The van der Waals surface area contributed by atoms with Gasteiger partial charge in [-0.1, -0.05) is 5.11 Å². The van der Waals surface area contributed by atoms with Gasteiger partial charge in [-0.05, 0) is 18.9 Å². The summed E-state index contributed by atoms with van der Waals surface area (Å²) in [6.45, 7) is 1.28. The molecule has 0 N–H and O–H groups in total. The van der Waals surface area contributed by atoms with Gasteiger partial charge in [0.15, 0.2) is 0 Å². The Morgan fingerprint density at radius 3 is 2.50 bits per heavy atom. The first kappa shape index (κ1) is 12.8. The summed E-state index contributed by atoms with van der Waals surface area (Å²) < 4.78 is 35.7. The zero-order valence-electron chi connectivity index (χ0n) is 7.58. The smallest absolute Gasteiger partial charge is 0.300 e. The molecule has 0 saturated carbocycles. The summed E-state index contributed by atoms with van der Waals surface area (Å²) in [7, 11) is 0. The molecular formula is C7H10F3N3O. The number of rotatable bonds is 5. The number of azide groups is 1. The molecule has 0 aromatic rings. The van der Waals surface area contributed by atoms with Crippen LogP contribution in [0.25, 0.3) is 10.4 Å². The third-order valence-corrected chi connectivity index (χ3v) is 1.51. The van der Waals surface area contributed by atoms with Gasteiger partial charge in [-0.3, -0.25) is 0 Å². The van der Waals surface area contributed by atoms with Crippen LogP contribution in [0.2, 0.25) is 0 Å². The normalized spacial score (nSPS) is 13.1. The molecule has 0 bridgehead atoms. The molecule has 0 fully saturated rings. The van der Waals surface area contributed by atoms with E-state index >= 15 is 0 Å². The molecule has 0 aliphatic heterocycles. The predicted octanol–water partition coefficient (Wildman–Crippen LogP) is 2.99. The summed E-state index contributed by atoms with van der Waals surface area (Å²) in [5, 5.41) is 2.99. The summed E-state index contributed by atoms with van der Waals surface area (Å²) in [6.07, 6.45) is -5.60. The predicted molar refractivity (Wildman–Crippen MR) is 43.5 cm³/mol. The molecule has 0 aliphatic carbocycles. The minimum absolute atomic E-state index is 0.000231. The van der Waals surface area contributed by atoms with Crippen LogP contribution in [-0.4, -0.2) is 18.0 Å². The van der Waals surface area contributed by atoms with Gasteiger partial charge in [0, 0.05) is 17.4 Å². The van der Waals surface area contributed by atoms with E-state index in [1.807, 2.05) is 0 Å². The number of hydrogen-bond donors (Lipinski definition) is 0. The Morgan fingerprint density at radius 2 is 2.14 bits per heavy atom. The maximum atomic E-state index is 11.9. The molecule has 0 heterocycles. The van der Waals surface area contributed by atoms with Crippen LogP contribution in [0.3, 0.4) is 0 Å². The lowest BCUT2D eigenvalue weighted by atomic mass is 10.1. The van der Waals surface area contributed by atoms with Crippen molar-refractivity contribution in [2.75, 3.05) is 0 Å². The highest BCUT2D eigenvalue weighted by Gasteiger charge is 2.31. The van der Waals surface area contributed by atoms with E-state index in [1.165, 1.54) is 6.92 Å². The van der Waals surface area contributed by atoms with Crippen LogP contribution in [0, 0.1) is 0 Å². The van der Waals surface area contributed by atoms with Crippen LogP contribution in [0.1, 0.15) is 26.2 Å². The Bertz CT molecular complexity index is 245. The summed E-state index contributed by atoms with van der Waals surface area (Å²) in [5.74, 6) is -0.217. The molecule has 0 aromatic carbocycles. The second-order valence-electron chi connectivity index (χ2n) is 2.92. The van der Waals surface area contributed by atoms with Gasteiger partial charge >= 0.3 is 6.18 Å². The number of Topliss-reactive ketones (excluding diaryl/α,β-unsaturated/α-hetero) is 1. The zero-order valence-corrected chi connectivity index (χ0v) is 7.58. The highest BCUT2D eigenvalue weighted by atomic mass is 19.4. The third kappa shape index (κ3) is 7.42. The van der Waals surface area contributed by atoms with Crippen LogP contribution in [0.15, 0.2) is 5.11 Å². The van der Waals surface area contributed by atoms with Crippen molar-refractivity contribution in [1.82, 2.24) is 0 Å². The second-order valence-corrected chi connectivity index (χ2v) is 2.92. The second kappa shape index (κ2) is 5.49. The SMILES string of the molecule is CC(=O)CCC(CC(F)(F)F)N=[N+]=[N-]. The topological polar surface area (TPSA) is 65.8 Å². The minimum atomic E-state index is -4.37. The van der Waals surface area contributed by atoms with Crippen LogP contribution >= 0.6 is 0 Å². The monoisotopic (exact) mass is 209 g/mol. The molecule has 80 valence electrons. The van der Waals surface area contributed by atoms with E-state index < -0.39 is 18.6 Å². The van der Waals surface area contributed by atoms with Gasteiger partial charge in [0.25, 0.3) is 0 Å². The van der Waals surface area contributed by atoms with Gasteiger partial charge in [0.05, 0.1) is 6.42 Å². The lowest BCUT2D eigenvalue weighted by molar-refractivity contribution is -0.139. The largest absolute Gasteiger partial charge is 0.389 e. The summed E-state index contributed by atoms with van der Waals surface area (Å²) in [4.78, 5) is 12.8. The average Bonchev–Trinajstić information content (AvgIpc) is 1.98. The number of halogens is 3. The maximum absolute atomic E-state index is 11.9. The van der Waals surface area contributed by atoms with Gasteiger partial charge in [0.2, 0.25) is 0 Å². The Hall–Kier alpha value is -1.23. The van der Waals surface area contributed by atoms with E-state index in [-0.39, 0.29) is 18.6 Å². The Balaban J connectivity index is 4.16. The van der Waals surface area contributed by atoms with Gasteiger partial charge < -0.3 is 4.79 Å². The summed E-state index contributed by atoms with van der Waals surface area (Å²) in [5.41, 5.74) is 8.00. The van der Waals surface area contributed by atoms with E-state index in [9.17, 15) is 18.0 Å². The van der Waals surface area contributed by atoms with Crippen LogP contribution < -0.4 is 0 Å². The number of ketones is 1. The molecule has 1 atom stereocenters. The van der Waals surface area contributed by atoms with Crippen molar-refractivity contribution >= 4 is 5.78 Å². The van der Waals surface area contributed by atoms with Crippen molar-refractivity contribution in [1.29, 1.82) is 0 Å². The number of alkyl halides is 3. The fourth-order valence-electron chi connectivity index (χ4n) is 0.911. The quantitative estimate of drug-likeness (QED) is 0.390. The van der Waals surface area contributed by atoms with Crippen LogP contribution in [0.4, 0.5) is 13.2 Å². The number of hydrogen-bond acceptors (Lipinski definition) is 2. The molecule has 0 aromatic heterocycles. The molecule has 7 heteroatoms. The molecule has 0 spiro atoms. The third-order valence-electron chi connectivity index (χ3n) is 1.51. The number of carbonyl (C=O) groups excluding carboxylic acids is 1. The molecule has 0 amide bonds. The first-order valence-electron chi connectivity index (χ1n) is 3.95. The van der Waals surface area contributed by atoms with Crippen molar-refractivity contribution in [2.24, 2.45) is 5.11 Å². The summed E-state index contributed by atoms with van der Waals surface area (Å²) >= 11 is 0. The van der Waals surface area contributed by atoms with Crippen LogP contribution in [0.5, 0.6) is 0 Å². The van der Waals surface area contributed by atoms with Gasteiger partial charge in [-0.2, -0.15) is 13.2 Å². The van der Waals surface area contributed by atoms with E-state index in [0.29, 0.717) is 0 Å². The molecular weight excluding hydrogens is 199 g/mol. The fraction of sp³-hybridized carbons (Fsp3) is 0.857. The number of nitrogens with zero attached hydrogens (tertiary/aromatic N) is 3. The van der Waals surface area contributed by atoms with E-state index in [2.05, 4.69) is 10.0 Å². The lowest BCUT2D eigenvalue weighted by Gasteiger charge is -2.12. The zero-order chi connectivity index (χ0) is 11.2. The van der Waals surface area contributed by atoms with Gasteiger partial charge in [-0.15, -0.1) is 0 Å². The van der Waals surface area contributed by atoms with Crippen LogP contribution in [-0.2, 0) is 4.79 Å². The highest BCUT2D eigenvalue weighted by molar-refractivity contribution is 5.75. The molecule has 0 rings (SSSR count). The lowest BCUT2D eigenvalue weighted by Crippen LogP contribution is -2.18. The molecule has 0 aliphatic rings. The molecule has 0 saturated heterocycles. The van der Waals surface area contributed by atoms with E-state index in [4.69, 9.17) is 5.53 Å². The standard InChI is InChI=1S/C7H10F3N3O/c1-5(14)2-3-6(12-13-11)4-7(8,9)10/h6H,2-4H2,1H3. The Morgan fingerprint density at radius 1 is 1.57 bits per heavy atom. The molecule has 14 heavy (non-hydrogen) atoms. The van der Waals surface area contributed by atoms with Crippen molar-refractivity contribution in [2.45, 2.75) is 38.4 Å². The van der Waals surface area contributed by atoms with Crippen molar-refractivity contribution < 1.29 is 18.0 Å². The number of carbonyl (C=O) groups is 1. The highest BCUT2D eigenvalue weighted by Crippen LogP contribution is 2.25. The molecule has 4 nitrogen and oxygen atoms in total. The Labute approximate surface area is 78.7 Å². The van der Waals surface area contributed by atoms with Crippen molar-refractivity contribution in [3.05, 3.63) is 10.4 Å². The maximum Gasteiger partial charge on any atom is 0.389 e. The van der Waals surface area contributed by atoms with Gasteiger partial charge in [-0.25, -0.2) is 0 Å². The fourth-order valence-corrected chi connectivity index (χ4v) is 0.911. The molecule has 1 unspecified atom stereocenters. The van der Waals surface area contributed by atoms with E-state index in [1.54, 1.807) is 0 Å².